The summed E-state index contributed by atoms with van der Waals surface area (Å²) in [5.74, 6) is -0.0209. The molecule has 48 heavy (non-hydrogen) atoms. The number of unbranched alkanes of at least 4 members (excludes halogenated alkanes) is 2. The van der Waals surface area contributed by atoms with E-state index in [1.165, 1.54) is 13.2 Å². The van der Waals surface area contributed by atoms with E-state index in [-0.39, 0.29) is 55.7 Å². The number of esters is 1. The van der Waals surface area contributed by atoms with Crippen molar-refractivity contribution in [2.75, 3.05) is 20.8 Å². The van der Waals surface area contributed by atoms with Crippen molar-refractivity contribution >= 4 is 24.4 Å². The quantitative estimate of drug-likeness (QED) is 0.0719. The summed E-state index contributed by atoms with van der Waals surface area (Å²) in [7, 11) is 2.99. The minimum Gasteiger partial charge on any atom is -0.459 e. The Labute approximate surface area is 284 Å². The predicted molar refractivity (Wildman–Crippen MR) is 179 cm³/mol. The third-order valence-electron chi connectivity index (χ3n) is 8.78. The largest absolute Gasteiger partial charge is 0.459 e. The van der Waals surface area contributed by atoms with Crippen molar-refractivity contribution in [2.45, 2.75) is 146 Å². The van der Waals surface area contributed by atoms with Gasteiger partial charge in [-0.1, -0.05) is 38.3 Å². The number of ether oxygens (including phenoxy) is 5. The molecule has 2 N–H and O–H groups in total. The molecular weight excluding hydrogens is 620 g/mol. The molecule has 0 aromatic carbocycles. The Morgan fingerprint density at radius 2 is 1.81 bits per heavy atom. The van der Waals surface area contributed by atoms with E-state index in [2.05, 4.69) is 22.0 Å². The summed E-state index contributed by atoms with van der Waals surface area (Å²) >= 11 is 0. The number of rotatable bonds is 21. The summed E-state index contributed by atoms with van der Waals surface area (Å²) in [6.07, 6.45) is 18.7. The summed E-state index contributed by atoms with van der Waals surface area (Å²) in [6.45, 7) is 2.45. The van der Waals surface area contributed by atoms with Crippen molar-refractivity contribution in [1.82, 2.24) is 10.3 Å². The van der Waals surface area contributed by atoms with E-state index in [1.54, 1.807) is 31.6 Å². The van der Waals surface area contributed by atoms with Crippen LogP contribution in [-0.2, 0) is 39.7 Å². The van der Waals surface area contributed by atoms with Crippen molar-refractivity contribution in [3.63, 3.8) is 0 Å². The van der Waals surface area contributed by atoms with Gasteiger partial charge < -0.3 is 43.3 Å². The highest BCUT2D eigenvalue weighted by Crippen LogP contribution is 2.31. The fraction of sp³-hybridized carbons (Fsp3) is 0.722. The van der Waals surface area contributed by atoms with Gasteiger partial charge in [0.15, 0.2) is 0 Å². The van der Waals surface area contributed by atoms with Gasteiger partial charge in [-0.05, 0) is 63.9 Å². The number of carbonyl (C=O) groups is 3. The molecule has 0 spiro atoms. The van der Waals surface area contributed by atoms with E-state index in [4.69, 9.17) is 23.4 Å². The zero-order valence-electron chi connectivity index (χ0n) is 28.9. The molecule has 2 aliphatic rings. The Morgan fingerprint density at radius 1 is 1.06 bits per heavy atom. The molecule has 2 saturated heterocycles. The normalized spacial score (nSPS) is 24.4. The minimum atomic E-state index is -0.518. The number of methoxy groups -OCH3 is 2. The Morgan fingerprint density at radius 3 is 2.56 bits per heavy atom. The SMILES string of the molecule is CCCCC[C@H](O)C[C@@H]1CCCC(C[C@H](CC2C[C@@H](OC(=O)C=CCCc3coc(C=CCNC(=O)OC)n3)C[C@@H](CC=O)O2)OC)O1. The van der Waals surface area contributed by atoms with E-state index in [0.717, 1.165) is 63.3 Å². The Hall–Kier alpha value is -3.06. The lowest BCUT2D eigenvalue weighted by Crippen LogP contribution is -2.40. The van der Waals surface area contributed by atoms with Gasteiger partial charge in [-0.2, -0.15) is 0 Å². The van der Waals surface area contributed by atoms with Crippen molar-refractivity contribution in [1.29, 1.82) is 0 Å². The third-order valence-corrected chi connectivity index (χ3v) is 8.78. The van der Waals surface area contributed by atoms with E-state index in [0.29, 0.717) is 44.4 Å². The number of aryl methyl sites for hydroxylation is 1. The smallest absolute Gasteiger partial charge is 0.407 e. The Balaban J connectivity index is 1.43. The molecule has 7 atom stereocenters. The van der Waals surface area contributed by atoms with Gasteiger partial charge in [0.25, 0.3) is 0 Å². The number of nitrogens with one attached hydrogen (secondary N) is 1. The molecule has 0 bridgehead atoms. The zero-order valence-corrected chi connectivity index (χ0v) is 28.9. The molecule has 1 amide bonds. The second-order valence-corrected chi connectivity index (χ2v) is 12.7. The molecule has 3 rings (SSSR count). The molecule has 12 nitrogen and oxygen atoms in total. The van der Waals surface area contributed by atoms with Crippen LogP contribution in [-0.4, -0.2) is 91.9 Å². The number of aldehydes is 1. The number of nitrogens with zero attached hydrogens (tertiary/aromatic N) is 1. The number of allylic oxidation sites excluding steroid dienone is 1. The molecule has 0 aliphatic carbocycles. The molecule has 2 aliphatic heterocycles. The first-order valence-electron chi connectivity index (χ1n) is 17.6. The van der Waals surface area contributed by atoms with E-state index in [9.17, 15) is 19.5 Å². The molecule has 1 aromatic rings. The average Bonchev–Trinajstić information content (AvgIpc) is 3.52. The minimum absolute atomic E-state index is 0.0558. The molecule has 3 heterocycles. The van der Waals surface area contributed by atoms with E-state index >= 15 is 0 Å². The van der Waals surface area contributed by atoms with Gasteiger partial charge in [0, 0.05) is 39.0 Å². The lowest BCUT2D eigenvalue weighted by atomic mass is 9.92. The molecule has 0 radical (unpaired) electrons. The van der Waals surface area contributed by atoms with Crippen molar-refractivity contribution in [3.8, 4) is 0 Å². The second kappa shape index (κ2) is 22.6. The van der Waals surface area contributed by atoms with Crippen LogP contribution in [0.2, 0.25) is 0 Å². The Kier molecular flexibility index (Phi) is 18.5. The zero-order chi connectivity index (χ0) is 34.6. The highest BCUT2D eigenvalue weighted by molar-refractivity contribution is 5.82. The molecule has 12 heteroatoms. The lowest BCUT2D eigenvalue weighted by Gasteiger charge is -2.37. The van der Waals surface area contributed by atoms with Crippen LogP contribution in [0.5, 0.6) is 0 Å². The van der Waals surface area contributed by atoms with Crippen molar-refractivity contribution < 1.29 is 47.6 Å². The standard InChI is InChI=1S/C36H56N2O10/c1-4-5-6-12-27(40)20-28-13-9-14-29(46-28)21-31(43-2)23-32-24-33(22-30(47-32)17-19-39)48-35(41)16-8-7-11-26-25-45-34(38-26)15-10-18-37-36(42)44-3/h8,10,15-16,19,25,27-33,40H,4-7,9,11-14,17-18,20-24H2,1-3H3,(H,37,42)/t27-,28-,29?,30+,31+,32?,33-/m0/s1. The van der Waals surface area contributed by atoms with Gasteiger partial charge in [0.05, 0.1) is 49.4 Å². The fourth-order valence-corrected chi connectivity index (χ4v) is 6.33. The van der Waals surface area contributed by atoms with Crippen LogP contribution < -0.4 is 5.32 Å². The summed E-state index contributed by atoms with van der Waals surface area (Å²) in [5, 5.41) is 13.0. The van der Waals surface area contributed by atoms with Crippen LogP contribution in [0.3, 0.4) is 0 Å². The number of aliphatic hydroxyl groups is 1. The monoisotopic (exact) mass is 676 g/mol. The van der Waals surface area contributed by atoms with E-state index in [1.807, 2.05) is 0 Å². The first kappa shape index (κ1) is 39.4. The molecule has 2 unspecified atom stereocenters. The van der Waals surface area contributed by atoms with Crippen LogP contribution in [0.1, 0.15) is 108 Å². The van der Waals surface area contributed by atoms with Gasteiger partial charge in [-0.3, -0.25) is 0 Å². The van der Waals surface area contributed by atoms with Crippen LogP contribution in [0.25, 0.3) is 6.08 Å². The van der Waals surface area contributed by atoms with Crippen LogP contribution >= 0.6 is 0 Å². The van der Waals surface area contributed by atoms with Gasteiger partial charge in [0.2, 0.25) is 5.89 Å². The van der Waals surface area contributed by atoms with Crippen molar-refractivity contribution in [3.05, 3.63) is 36.1 Å². The summed E-state index contributed by atoms with van der Waals surface area (Å²) in [5.41, 5.74) is 0.736. The molecular formula is C36H56N2O10. The topological polar surface area (TPSA) is 156 Å². The second-order valence-electron chi connectivity index (χ2n) is 12.7. The number of alkyl carbamates (subject to hydrolysis) is 1. The first-order valence-corrected chi connectivity index (χ1v) is 17.6. The van der Waals surface area contributed by atoms with Gasteiger partial charge in [-0.25, -0.2) is 14.6 Å². The number of hydrogen-bond acceptors (Lipinski definition) is 11. The maximum absolute atomic E-state index is 12.7. The summed E-state index contributed by atoms with van der Waals surface area (Å²) < 4.78 is 34.2. The van der Waals surface area contributed by atoms with Gasteiger partial charge >= 0.3 is 12.1 Å². The van der Waals surface area contributed by atoms with E-state index < -0.39 is 12.1 Å². The fourth-order valence-electron chi connectivity index (χ4n) is 6.33. The number of hydrogen-bond donors (Lipinski definition) is 2. The number of aromatic nitrogens is 1. The average molecular weight is 677 g/mol. The molecule has 2 fully saturated rings. The first-order chi connectivity index (χ1) is 23.3. The number of oxazole rings is 1. The number of aliphatic hydroxyl groups excluding tert-OH is 1. The summed E-state index contributed by atoms with van der Waals surface area (Å²) in [6, 6.07) is 0. The highest BCUT2D eigenvalue weighted by atomic mass is 16.6. The maximum Gasteiger partial charge on any atom is 0.407 e. The van der Waals surface area contributed by atoms with Crippen LogP contribution in [0.15, 0.2) is 28.9 Å². The third kappa shape index (κ3) is 15.4. The van der Waals surface area contributed by atoms with Gasteiger partial charge in [-0.15, -0.1) is 0 Å². The predicted octanol–water partition coefficient (Wildman–Crippen LogP) is 5.65. The number of amides is 1. The van der Waals surface area contributed by atoms with Crippen LogP contribution in [0, 0.1) is 0 Å². The molecule has 0 saturated carbocycles. The Bertz CT molecular complexity index is 1140. The van der Waals surface area contributed by atoms with Gasteiger partial charge in [0.1, 0.15) is 18.7 Å². The highest BCUT2D eigenvalue weighted by Gasteiger charge is 2.34. The summed E-state index contributed by atoms with van der Waals surface area (Å²) in [4.78, 5) is 39.5. The lowest BCUT2D eigenvalue weighted by molar-refractivity contribution is -0.160. The molecule has 1 aromatic heterocycles. The van der Waals surface area contributed by atoms with Crippen LogP contribution in [0.4, 0.5) is 4.79 Å². The van der Waals surface area contributed by atoms with Crippen molar-refractivity contribution in [2.24, 2.45) is 0 Å². The molecule has 270 valence electrons. The maximum atomic E-state index is 12.7. The number of carbonyl (C=O) groups excluding carboxylic acids is 3.